The summed E-state index contributed by atoms with van der Waals surface area (Å²) in [5, 5.41) is 2.85. The molecular formula is C26H25NO3. The molecule has 0 radical (unpaired) electrons. The highest BCUT2D eigenvalue weighted by atomic mass is 16.5. The molecule has 0 fully saturated rings. The van der Waals surface area contributed by atoms with Gasteiger partial charge in [-0.25, -0.2) is 0 Å². The number of allylic oxidation sites excluding steroid dienone is 1. The Morgan fingerprint density at radius 1 is 0.833 bits per heavy atom. The second-order valence-electron chi connectivity index (χ2n) is 6.92. The van der Waals surface area contributed by atoms with Crippen LogP contribution in [0.3, 0.4) is 0 Å². The molecule has 0 heterocycles. The minimum Gasteiger partial charge on any atom is -0.468 e. The Labute approximate surface area is 177 Å². The fourth-order valence-corrected chi connectivity index (χ4v) is 3.20. The van der Waals surface area contributed by atoms with Gasteiger partial charge in [-0.3, -0.25) is 9.59 Å². The number of rotatable bonds is 8. The van der Waals surface area contributed by atoms with Crippen LogP contribution in [0.25, 0.3) is 5.57 Å². The van der Waals surface area contributed by atoms with Gasteiger partial charge in [0.25, 0.3) is 0 Å². The first-order valence-electron chi connectivity index (χ1n) is 9.87. The van der Waals surface area contributed by atoms with Gasteiger partial charge in [-0.2, -0.15) is 0 Å². The highest BCUT2D eigenvalue weighted by molar-refractivity contribution is 6.01. The first-order valence-corrected chi connectivity index (χ1v) is 9.87. The molecule has 0 aliphatic heterocycles. The standard InChI is InChI=1S/C26H25NO3/c1-30-26(29)24(25(28)27-19-21-13-7-3-8-14-21)18-23(22-15-9-4-10-16-22)17-20-11-5-2-6-12-20/h2-16,18,24H,17,19H2,1H3,(H,27,28)/b23-18+. The van der Waals surface area contributed by atoms with E-state index in [2.05, 4.69) is 5.32 Å². The summed E-state index contributed by atoms with van der Waals surface area (Å²) in [6, 6.07) is 29.3. The van der Waals surface area contributed by atoms with Gasteiger partial charge in [0, 0.05) is 6.54 Å². The van der Waals surface area contributed by atoms with Crippen molar-refractivity contribution >= 4 is 17.4 Å². The second-order valence-corrected chi connectivity index (χ2v) is 6.92. The zero-order valence-corrected chi connectivity index (χ0v) is 17.0. The van der Waals surface area contributed by atoms with Crippen molar-refractivity contribution in [2.24, 2.45) is 5.92 Å². The molecule has 0 spiro atoms. The summed E-state index contributed by atoms with van der Waals surface area (Å²) < 4.78 is 4.93. The molecule has 30 heavy (non-hydrogen) atoms. The van der Waals surface area contributed by atoms with Crippen molar-refractivity contribution in [1.82, 2.24) is 5.32 Å². The molecule has 1 N–H and O–H groups in total. The van der Waals surface area contributed by atoms with Gasteiger partial charge in [-0.1, -0.05) is 97.1 Å². The van der Waals surface area contributed by atoms with Crippen molar-refractivity contribution in [3.05, 3.63) is 114 Å². The van der Waals surface area contributed by atoms with E-state index in [1.165, 1.54) is 7.11 Å². The molecule has 0 bridgehead atoms. The number of carbonyl (C=O) groups excluding carboxylic acids is 2. The summed E-state index contributed by atoms with van der Waals surface area (Å²) in [5.74, 6) is -1.99. The molecule has 1 atom stereocenters. The van der Waals surface area contributed by atoms with Gasteiger partial charge in [-0.15, -0.1) is 0 Å². The fraction of sp³-hybridized carbons (Fsp3) is 0.154. The van der Waals surface area contributed by atoms with E-state index in [4.69, 9.17) is 4.74 Å². The Morgan fingerprint density at radius 2 is 1.37 bits per heavy atom. The summed E-state index contributed by atoms with van der Waals surface area (Å²) >= 11 is 0. The van der Waals surface area contributed by atoms with Crippen molar-refractivity contribution in [3.8, 4) is 0 Å². The molecule has 152 valence electrons. The summed E-state index contributed by atoms with van der Waals surface area (Å²) in [6.45, 7) is 0.348. The quantitative estimate of drug-likeness (QED) is 0.451. The van der Waals surface area contributed by atoms with Crippen molar-refractivity contribution in [1.29, 1.82) is 0 Å². The van der Waals surface area contributed by atoms with Crippen molar-refractivity contribution in [3.63, 3.8) is 0 Å². The molecule has 3 rings (SSSR count). The maximum Gasteiger partial charge on any atom is 0.322 e. The molecule has 3 aromatic rings. The van der Waals surface area contributed by atoms with Crippen LogP contribution in [0, 0.1) is 5.92 Å². The van der Waals surface area contributed by atoms with E-state index in [1.807, 2.05) is 91.0 Å². The summed E-state index contributed by atoms with van der Waals surface area (Å²) in [7, 11) is 1.30. The van der Waals surface area contributed by atoms with Gasteiger partial charge in [0.1, 0.15) is 0 Å². The molecule has 1 unspecified atom stereocenters. The Kier molecular flexibility index (Phi) is 7.56. The minimum absolute atomic E-state index is 0.348. The van der Waals surface area contributed by atoms with Crippen LogP contribution in [0.5, 0.6) is 0 Å². The third-order valence-electron chi connectivity index (χ3n) is 4.80. The maximum atomic E-state index is 12.9. The first kappa shape index (κ1) is 21.1. The summed E-state index contributed by atoms with van der Waals surface area (Å²) in [4.78, 5) is 25.3. The predicted octanol–water partition coefficient (Wildman–Crippen LogP) is 4.42. The molecule has 0 saturated carbocycles. The third kappa shape index (κ3) is 5.92. The maximum absolute atomic E-state index is 12.9. The number of amides is 1. The van der Waals surface area contributed by atoms with E-state index >= 15 is 0 Å². The number of ether oxygens (including phenoxy) is 1. The fourth-order valence-electron chi connectivity index (χ4n) is 3.20. The molecule has 0 saturated heterocycles. The van der Waals surface area contributed by atoms with E-state index in [-0.39, 0.29) is 5.91 Å². The van der Waals surface area contributed by atoms with E-state index in [0.717, 1.165) is 22.3 Å². The lowest BCUT2D eigenvalue weighted by molar-refractivity contribution is -0.147. The average Bonchev–Trinajstić information content (AvgIpc) is 2.81. The zero-order chi connectivity index (χ0) is 21.2. The second kappa shape index (κ2) is 10.8. The number of methoxy groups -OCH3 is 1. The Balaban J connectivity index is 1.88. The number of nitrogens with one attached hydrogen (secondary N) is 1. The van der Waals surface area contributed by atoms with E-state index in [1.54, 1.807) is 6.08 Å². The molecule has 3 aromatic carbocycles. The van der Waals surface area contributed by atoms with Gasteiger partial charge in [0.2, 0.25) is 5.91 Å². The van der Waals surface area contributed by atoms with Crippen LogP contribution in [-0.2, 0) is 27.3 Å². The highest BCUT2D eigenvalue weighted by Gasteiger charge is 2.26. The molecular weight excluding hydrogens is 374 g/mol. The Hall–Kier alpha value is -3.66. The minimum atomic E-state index is -1.03. The van der Waals surface area contributed by atoms with Crippen molar-refractivity contribution < 1.29 is 14.3 Å². The van der Waals surface area contributed by atoms with E-state index in [0.29, 0.717) is 13.0 Å². The average molecular weight is 399 g/mol. The normalized spacial score (nSPS) is 12.1. The van der Waals surface area contributed by atoms with Crippen LogP contribution in [0.1, 0.15) is 16.7 Å². The largest absolute Gasteiger partial charge is 0.468 e. The van der Waals surface area contributed by atoms with Crippen LogP contribution in [0.15, 0.2) is 97.1 Å². The number of carbonyl (C=O) groups is 2. The van der Waals surface area contributed by atoms with Crippen LogP contribution >= 0.6 is 0 Å². The van der Waals surface area contributed by atoms with Crippen molar-refractivity contribution in [2.45, 2.75) is 13.0 Å². The van der Waals surface area contributed by atoms with Gasteiger partial charge in [-0.05, 0) is 28.7 Å². The van der Waals surface area contributed by atoms with Gasteiger partial charge in [0.15, 0.2) is 5.92 Å². The predicted molar refractivity (Wildman–Crippen MR) is 118 cm³/mol. The smallest absolute Gasteiger partial charge is 0.322 e. The first-order chi connectivity index (χ1) is 14.7. The summed E-state index contributed by atoms with van der Waals surface area (Å²) in [6.07, 6.45) is 2.32. The molecule has 0 aliphatic rings. The monoisotopic (exact) mass is 399 g/mol. The lowest BCUT2D eigenvalue weighted by Gasteiger charge is -2.15. The van der Waals surface area contributed by atoms with Crippen LogP contribution in [0.2, 0.25) is 0 Å². The van der Waals surface area contributed by atoms with Gasteiger partial charge >= 0.3 is 5.97 Å². The number of benzene rings is 3. The molecule has 4 nitrogen and oxygen atoms in total. The topological polar surface area (TPSA) is 55.4 Å². The van der Waals surface area contributed by atoms with Crippen LogP contribution in [0.4, 0.5) is 0 Å². The lowest BCUT2D eigenvalue weighted by atomic mass is 9.93. The number of esters is 1. The van der Waals surface area contributed by atoms with E-state index < -0.39 is 11.9 Å². The molecule has 0 aromatic heterocycles. The number of hydrogen-bond acceptors (Lipinski definition) is 3. The molecule has 1 amide bonds. The summed E-state index contributed by atoms with van der Waals surface area (Å²) in [5.41, 5.74) is 3.92. The third-order valence-corrected chi connectivity index (χ3v) is 4.80. The number of hydrogen-bond donors (Lipinski definition) is 1. The SMILES string of the molecule is COC(=O)C(/C=C(\Cc1ccccc1)c1ccccc1)C(=O)NCc1ccccc1. The lowest BCUT2D eigenvalue weighted by Crippen LogP contribution is -2.34. The molecule has 0 aliphatic carbocycles. The van der Waals surface area contributed by atoms with Gasteiger partial charge in [0.05, 0.1) is 7.11 Å². The van der Waals surface area contributed by atoms with Crippen LogP contribution in [-0.4, -0.2) is 19.0 Å². The zero-order valence-electron chi connectivity index (χ0n) is 17.0. The van der Waals surface area contributed by atoms with E-state index in [9.17, 15) is 9.59 Å². The molecule has 4 heteroatoms. The Bertz CT molecular complexity index is 983. The van der Waals surface area contributed by atoms with Crippen molar-refractivity contribution in [2.75, 3.05) is 7.11 Å². The highest BCUT2D eigenvalue weighted by Crippen LogP contribution is 2.22. The van der Waals surface area contributed by atoms with Crippen LogP contribution < -0.4 is 5.32 Å². The Morgan fingerprint density at radius 3 is 1.93 bits per heavy atom. The van der Waals surface area contributed by atoms with Gasteiger partial charge < -0.3 is 10.1 Å².